The average molecular weight is 998 g/mol. The van der Waals surface area contributed by atoms with Crippen molar-refractivity contribution in [2.24, 2.45) is 0 Å². The van der Waals surface area contributed by atoms with E-state index < -0.39 is 6.10 Å². The van der Waals surface area contributed by atoms with Crippen LogP contribution < -0.4 is 0 Å². The van der Waals surface area contributed by atoms with E-state index in [2.05, 4.69) is 57.2 Å². The molecule has 0 aromatic heterocycles. The molecule has 0 heterocycles. The highest BCUT2D eigenvalue weighted by atomic mass is 16.6. The highest BCUT2D eigenvalue weighted by Gasteiger charge is 2.19. The van der Waals surface area contributed by atoms with Crippen LogP contribution in [0.25, 0.3) is 0 Å². The molecule has 416 valence electrons. The van der Waals surface area contributed by atoms with E-state index in [9.17, 15) is 14.4 Å². The van der Waals surface area contributed by atoms with Gasteiger partial charge in [-0.2, -0.15) is 0 Å². The van der Waals surface area contributed by atoms with E-state index in [1.807, 2.05) is 0 Å². The van der Waals surface area contributed by atoms with Crippen LogP contribution >= 0.6 is 0 Å². The molecule has 0 amide bonds. The molecule has 6 nitrogen and oxygen atoms in total. The monoisotopic (exact) mass is 997 g/mol. The van der Waals surface area contributed by atoms with Gasteiger partial charge in [0, 0.05) is 19.3 Å². The topological polar surface area (TPSA) is 78.9 Å². The summed E-state index contributed by atoms with van der Waals surface area (Å²) in [4.78, 5) is 38.2. The molecule has 0 saturated carbocycles. The van der Waals surface area contributed by atoms with Gasteiger partial charge >= 0.3 is 17.9 Å². The van der Waals surface area contributed by atoms with E-state index in [0.29, 0.717) is 19.3 Å². The summed E-state index contributed by atoms with van der Waals surface area (Å²) in [5.41, 5.74) is 0. The van der Waals surface area contributed by atoms with Gasteiger partial charge in [0.25, 0.3) is 0 Å². The van der Waals surface area contributed by atoms with Crippen LogP contribution in [0.2, 0.25) is 0 Å². The third kappa shape index (κ3) is 58.4. The fourth-order valence-electron chi connectivity index (χ4n) is 9.35. The third-order valence-electron chi connectivity index (χ3n) is 14.1. The Morgan fingerprint density at radius 1 is 0.282 bits per heavy atom. The van der Waals surface area contributed by atoms with Gasteiger partial charge in [0.1, 0.15) is 13.2 Å². The molecule has 0 aliphatic heterocycles. The Bertz CT molecular complexity index is 1190. The number of carbonyl (C=O) groups is 3. The number of ether oxygens (including phenoxy) is 3. The SMILES string of the molecule is CCCCCCC/C=C\C/C=C\CCCCCCCCCCCCCCCC(=O)OCC(COC(=O)CCCCCCCCCCCC)OC(=O)CCCCCCCCC/C=C\CCCCCCCCC. The van der Waals surface area contributed by atoms with Gasteiger partial charge < -0.3 is 14.2 Å². The van der Waals surface area contributed by atoms with Gasteiger partial charge in [0.2, 0.25) is 0 Å². The van der Waals surface area contributed by atoms with E-state index >= 15 is 0 Å². The van der Waals surface area contributed by atoms with Gasteiger partial charge in [-0.3, -0.25) is 14.4 Å². The summed E-state index contributed by atoms with van der Waals surface area (Å²) < 4.78 is 16.9. The molecule has 0 fully saturated rings. The standard InChI is InChI=1S/C65H120O6/c1-4-7-10-13-16-19-22-24-26-28-30-31-32-33-34-35-36-38-39-41-43-46-49-52-55-58-64(67)70-61-62(60-69-63(66)57-54-51-48-45-21-18-15-12-9-6-3)71-65(68)59-56-53-50-47-44-42-40-37-29-27-25-23-20-17-14-11-8-5-2/h22,24,27-30,62H,4-21,23,25-26,31-61H2,1-3H3/b24-22-,29-27-,30-28-. The number of allylic oxidation sites excluding steroid dienone is 6. The minimum absolute atomic E-state index is 0.0699. The first-order valence-corrected chi connectivity index (χ1v) is 31.5. The van der Waals surface area contributed by atoms with Crippen molar-refractivity contribution < 1.29 is 28.6 Å². The molecule has 6 heteroatoms. The predicted molar refractivity (Wildman–Crippen MR) is 307 cm³/mol. The van der Waals surface area contributed by atoms with Crippen LogP contribution in [0.5, 0.6) is 0 Å². The first-order valence-electron chi connectivity index (χ1n) is 31.5. The third-order valence-corrected chi connectivity index (χ3v) is 14.1. The van der Waals surface area contributed by atoms with Crippen molar-refractivity contribution in [3.8, 4) is 0 Å². The molecule has 0 aromatic rings. The molecular formula is C65H120O6. The fraction of sp³-hybridized carbons (Fsp3) is 0.862. The highest BCUT2D eigenvalue weighted by molar-refractivity contribution is 5.71. The lowest BCUT2D eigenvalue weighted by Crippen LogP contribution is -2.30. The normalized spacial score (nSPS) is 12.2. The molecule has 0 bridgehead atoms. The smallest absolute Gasteiger partial charge is 0.306 e. The minimum Gasteiger partial charge on any atom is -0.462 e. The summed E-state index contributed by atoms with van der Waals surface area (Å²) in [7, 11) is 0. The van der Waals surface area contributed by atoms with Gasteiger partial charge in [-0.05, 0) is 77.0 Å². The second-order valence-electron chi connectivity index (χ2n) is 21.3. The maximum Gasteiger partial charge on any atom is 0.306 e. The quantitative estimate of drug-likeness (QED) is 0.0261. The molecule has 0 aromatic carbocycles. The fourth-order valence-corrected chi connectivity index (χ4v) is 9.35. The van der Waals surface area contributed by atoms with Crippen LogP contribution in [0.1, 0.15) is 342 Å². The highest BCUT2D eigenvalue weighted by Crippen LogP contribution is 2.17. The second kappa shape index (κ2) is 60.2. The number of esters is 3. The summed E-state index contributed by atoms with van der Waals surface area (Å²) >= 11 is 0. The lowest BCUT2D eigenvalue weighted by atomic mass is 10.0. The van der Waals surface area contributed by atoms with E-state index in [1.165, 1.54) is 238 Å². The lowest BCUT2D eigenvalue weighted by molar-refractivity contribution is -0.167. The first-order chi connectivity index (χ1) is 35.0. The van der Waals surface area contributed by atoms with Crippen LogP contribution in [0.3, 0.4) is 0 Å². The van der Waals surface area contributed by atoms with Gasteiger partial charge in [-0.15, -0.1) is 0 Å². The first kappa shape index (κ1) is 68.6. The molecule has 0 saturated heterocycles. The van der Waals surface area contributed by atoms with Crippen molar-refractivity contribution in [1.29, 1.82) is 0 Å². The van der Waals surface area contributed by atoms with E-state index in [0.717, 1.165) is 64.2 Å². The zero-order valence-electron chi connectivity index (χ0n) is 47.8. The number of carbonyl (C=O) groups excluding carboxylic acids is 3. The van der Waals surface area contributed by atoms with E-state index in [1.54, 1.807) is 0 Å². The van der Waals surface area contributed by atoms with Crippen molar-refractivity contribution in [1.82, 2.24) is 0 Å². The van der Waals surface area contributed by atoms with Crippen LogP contribution in [-0.2, 0) is 28.6 Å². The Morgan fingerprint density at radius 2 is 0.507 bits per heavy atom. The number of rotatable bonds is 58. The van der Waals surface area contributed by atoms with Crippen LogP contribution in [0, 0.1) is 0 Å². The van der Waals surface area contributed by atoms with Gasteiger partial charge in [0.05, 0.1) is 0 Å². The molecule has 1 atom stereocenters. The Kier molecular flexibility index (Phi) is 58.2. The van der Waals surface area contributed by atoms with Crippen LogP contribution in [0.4, 0.5) is 0 Å². The summed E-state index contributed by atoms with van der Waals surface area (Å²) in [6, 6.07) is 0. The van der Waals surface area contributed by atoms with Crippen LogP contribution in [0.15, 0.2) is 36.5 Å². The summed E-state index contributed by atoms with van der Waals surface area (Å²) in [5.74, 6) is -0.856. The van der Waals surface area contributed by atoms with Crippen molar-refractivity contribution in [3.63, 3.8) is 0 Å². The van der Waals surface area contributed by atoms with E-state index in [4.69, 9.17) is 14.2 Å². The predicted octanol–water partition coefficient (Wildman–Crippen LogP) is 21.2. The number of unbranched alkanes of at least 4 members (excludes halogenated alkanes) is 41. The summed E-state index contributed by atoms with van der Waals surface area (Å²) in [5, 5.41) is 0. The van der Waals surface area contributed by atoms with Crippen molar-refractivity contribution in [2.45, 2.75) is 348 Å². The van der Waals surface area contributed by atoms with Crippen molar-refractivity contribution in [2.75, 3.05) is 13.2 Å². The molecule has 1 unspecified atom stereocenters. The molecule has 0 radical (unpaired) electrons. The maximum atomic E-state index is 12.9. The molecular weight excluding hydrogens is 877 g/mol. The molecule has 0 aliphatic rings. The minimum atomic E-state index is -0.771. The summed E-state index contributed by atoms with van der Waals surface area (Å²) in [6.07, 6.45) is 73.0. The Morgan fingerprint density at radius 3 is 0.789 bits per heavy atom. The Labute approximate surface area is 442 Å². The molecule has 0 rings (SSSR count). The van der Waals surface area contributed by atoms with Gasteiger partial charge in [-0.25, -0.2) is 0 Å². The molecule has 0 spiro atoms. The van der Waals surface area contributed by atoms with Gasteiger partial charge in [-0.1, -0.05) is 282 Å². The zero-order valence-corrected chi connectivity index (χ0v) is 47.8. The summed E-state index contributed by atoms with van der Waals surface area (Å²) in [6.45, 7) is 6.66. The van der Waals surface area contributed by atoms with Crippen molar-refractivity contribution >= 4 is 17.9 Å². The van der Waals surface area contributed by atoms with Crippen LogP contribution in [-0.4, -0.2) is 37.2 Å². The number of hydrogen-bond donors (Lipinski definition) is 0. The molecule has 0 N–H and O–H groups in total. The van der Waals surface area contributed by atoms with E-state index in [-0.39, 0.29) is 31.1 Å². The molecule has 71 heavy (non-hydrogen) atoms. The average Bonchev–Trinajstić information content (AvgIpc) is 3.37. The van der Waals surface area contributed by atoms with Gasteiger partial charge in [0.15, 0.2) is 6.10 Å². The zero-order chi connectivity index (χ0) is 51.4. The molecule has 0 aliphatic carbocycles. The Hall–Kier alpha value is -2.37. The maximum absolute atomic E-state index is 12.9. The number of hydrogen-bond acceptors (Lipinski definition) is 6. The lowest BCUT2D eigenvalue weighted by Gasteiger charge is -2.18. The second-order valence-corrected chi connectivity index (χ2v) is 21.3. The Balaban J connectivity index is 4.20. The largest absolute Gasteiger partial charge is 0.462 e. The van der Waals surface area contributed by atoms with Crippen molar-refractivity contribution in [3.05, 3.63) is 36.5 Å².